The standard InChI is InChI=1S/C29H33N3O4/c1-20-16-32(21(2)18-33)29(35)26-11-7-6-10-25(26)24-9-5-4-8-23(24)19-36-27(20)17-31(3)28(34)22-12-14-30-15-13-22/h4-15,20-21,27,33H,16-19H2,1-3H3/t20-,21+,27+/m1/s1. The topological polar surface area (TPSA) is 83.0 Å². The van der Waals surface area contributed by atoms with Crippen molar-refractivity contribution in [1.29, 1.82) is 0 Å². The summed E-state index contributed by atoms with van der Waals surface area (Å²) in [5.74, 6) is -0.351. The highest BCUT2D eigenvalue weighted by Gasteiger charge is 2.31. The summed E-state index contributed by atoms with van der Waals surface area (Å²) in [6, 6.07) is 18.5. The summed E-state index contributed by atoms with van der Waals surface area (Å²) in [6.45, 7) is 4.80. The van der Waals surface area contributed by atoms with Crippen LogP contribution in [0.15, 0.2) is 73.1 Å². The molecule has 3 atom stereocenters. The van der Waals surface area contributed by atoms with Gasteiger partial charge in [0.05, 0.1) is 25.4 Å². The number of carbonyl (C=O) groups excluding carboxylic acids is 2. The van der Waals surface area contributed by atoms with E-state index in [1.54, 1.807) is 41.4 Å². The number of hydrogen-bond donors (Lipinski definition) is 1. The van der Waals surface area contributed by atoms with Gasteiger partial charge in [0, 0.05) is 49.6 Å². The van der Waals surface area contributed by atoms with Crippen LogP contribution in [0.1, 0.15) is 40.1 Å². The number of aliphatic hydroxyl groups excluding tert-OH is 1. The minimum Gasteiger partial charge on any atom is -0.394 e. The maximum absolute atomic E-state index is 13.8. The number of fused-ring (bicyclic) bond motifs is 3. The summed E-state index contributed by atoms with van der Waals surface area (Å²) in [4.78, 5) is 34.2. The van der Waals surface area contributed by atoms with Gasteiger partial charge in [-0.15, -0.1) is 0 Å². The van der Waals surface area contributed by atoms with E-state index in [1.165, 1.54) is 0 Å². The van der Waals surface area contributed by atoms with Crippen molar-refractivity contribution in [2.45, 2.75) is 32.6 Å². The first-order chi connectivity index (χ1) is 17.4. The molecule has 2 aromatic carbocycles. The van der Waals surface area contributed by atoms with Crippen molar-refractivity contribution in [2.24, 2.45) is 5.92 Å². The quantitative estimate of drug-likeness (QED) is 0.591. The van der Waals surface area contributed by atoms with E-state index in [0.717, 1.165) is 16.7 Å². The van der Waals surface area contributed by atoms with Gasteiger partial charge >= 0.3 is 0 Å². The summed E-state index contributed by atoms with van der Waals surface area (Å²) in [6.07, 6.45) is 2.86. The Morgan fingerprint density at radius 2 is 1.72 bits per heavy atom. The van der Waals surface area contributed by atoms with Crippen LogP contribution in [-0.4, -0.2) is 70.6 Å². The molecule has 36 heavy (non-hydrogen) atoms. The Hall–Kier alpha value is -3.55. The molecule has 2 amide bonds. The molecule has 7 heteroatoms. The van der Waals surface area contributed by atoms with E-state index in [1.807, 2.05) is 62.4 Å². The molecule has 2 heterocycles. The Morgan fingerprint density at radius 3 is 2.42 bits per heavy atom. The van der Waals surface area contributed by atoms with E-state index in [9.17, 15) is 14.7 Å². The van der Waals surface area contributed by atoms with Gasteiger partial charge in [0.2, 0.25) is 0 Å². The fourth-order valence-electron chi connectivity index (χ4n) is 4.62. The van der Waals surface area contributed by atoms with Crippen molar-refractivity contribution in [3.05, 3.63) is 89.7 Å². The number of benzene rings is 2. The van der Waals surface area contributed by atoms with Crippen molar-refractivity contribution in [1.82, 2.24) is 14.8 Å². The zero-order valence-electron chi connectivity index (χ0n) is 21.0. The Morgan fingerprint density at radius 1 is 1.08 bits per heavy atom. The Balaban J connectivity index is 1.71. The lowest BCUT2D eigenvalue weighted by Crippen LogP contribution is -2.47. The molecule has 0 fully saturated rings. The van der Waals surface area contributed by atoms with Gasteiger partial charge in [-0.1, -0.05) is 49.4 Å². The van der Waals surface area contributed by atoms with Crippen LogP contribution in [0, 0.1) is 5.92 Å². The number of nitrogens with zero attached hydrogens (tertiary/aromatic N) is 3. The summed E-state index contributed by atoms with van der Waals surface area (Å²) >= 11 is 0. The van der Waals surface area contributed by atoms with E-state index in [4.69, 9.17) is 4.74 Å². The number of aliphatic hydroxyl groups is 1. The Kier molecular flexibility index (Phi) is 8.13. The van der Waals surface area contributed by atoms with E-state index in [2.05, 4.69) is 4.98 Å². The average molecular weight is 488 g/mol. The fourth-order valence-corrected chi connectivity index (χ4v) is 4.62. The second kappa shape index (κ2) is 11.5. The highest BCUT2D eigenvalue weighted by molar-refractivity contribution is 6.01. The fraction of sp³-hybridized carbons (Fsp3) is 0.345. The third-order valence-corrected chi connectivity index (χ3v) is 6.82. The van der Waals surface area contributed by atoms with Crippen LogP contribution in [-0.2, 0) is 11.3 Å². The van der Waals surface area contributed by atoms with Crippen LogP contribution >= 0.6 is 0 Å². The van der Waals surface area contributed by atoms with Crippen LogP contribution < -0.4 is 0 Å². The second-order valence-electron chi connectivity index (χ2n) is 9.44. The molecule has 0 spiro atoms. The molecule has 1 aliphatic heterocycles. The molecule has 3 aromatic rings. The normalized spacial score (nSPS) is 19.0. The first-order valence-electron chi connectivity index (χ1n) is 12.3. The van der Waals surface area contributed by atoms with E-state index in [-0.39, 0.29) is 36.5 Å². The van der Waals surface area contributed by atoms with Gasteiger partial charge in [-0.25, -0.2) is 0 Å². The highest BCUT2D eigenvalue weighted by Crippen LogP contribution is 2.31. The number of hydrogen-bond acceptors (Lipinski definition) is 5. The number of aromatic nitrogens is 1. The molecule has 7 nitrogen and oxygen atoms in total. The monoisotopic (exact) mass is 487 g/mol. The van der Waals surface area contributed by atoms with Crippen LogP contribution in [0.5, 0.6) is 0 Å². The van der Waals surface area contributed by atoms with Crippen LogP contribution in [0.3, 0.4) is 0 Å². The van der Waals surface area contributed by atoms with Gasteiger partial charge in [-0.3, -0.25) is 14.6 Å². The van der Waals surface area contributed by atoms with Crippen molar-refractivity contribution >= 4 is 11.8 Å². The Labute approximate surface area is 212 Å². The van der Waals surface area contributed by atoms with Crippen LogP contribution in [0.2, 0.25) is 0 Å². The summed E-state index contributed by atoms with van der Waals surface area (Å²) < 4.78 is 6.47. The zero-order chi connectivity index (χ0) is 25.7. The molecule has 0 aliphatic carbocycles. The molecule has 188 valence electrons. The minimum absolute atomic E-state index is 0.104. The molecule has 1 N–H and O–H groups in total. The number of rotatable bonds is 5. The van der Waals surface area contributed by atoms with Crippen molar-refractivity contribution in [3.8, 4) is 11.1 Å². The lowest BCUT2D eigenvalue weighted by molar-refractivity contribution is -0.0209. The summed E-state index contributed by atoms with van der Waals surface area (Å²) in [7, 11) is 1.76. The average Bonchev–Trinajstić information content (AvgIpc) is 2.94. The smallest absolute Gasteiger partial charge is 0.254 e. The van der Waals surface area contributed by atoms with Gasteiger partial charge in [0.25, 0.3) is 11.8 Å². The third-order valence-electron chi connectivity index (χ3n) is 6.82. The molecule has 1 aliphatic rings. The molecule has 1 aromatic heterocycles. The SMILES string of the molecule is C[C@@H]1CN([C@@H](C)CO)C(=O)c2ccccc2-c2ccccc2CO[C@H]1CN(C)C(=O)c1ccncc1. The maximum atomic E-state index is 13.8. The van der Waals surface area contributed by atoms with Crippen molar-refractivity contribution in [3.63, 3.8) is 0 Å². The Bertz CT molecular complexity index is 1200. The van der Waals surface area contributed by atoms with E-state index < -0.39 is 0 Å². The molecular formula is C29H33N3O4. The van der Waals surface area contributed by atoms with Gasteiger partial charge in [0.15, 0.2) is 0 Å². The zero-order valence-corrected chi connectivity index (χ0v) is 21.0. The van der Waals surface area contributed by atoms with Crippen LogP contribution in [0.25, 0.3) is 11.1 Å². The third kappa shape index (κ3) is 5.48. The molecule has 4 rings (SSSR count). The number of amides is 2. The largest absolute Gasteiger partial charge is 0.394 e. The molecular weight excluding hydrogens is 454 g/mol. The maximum Gasteiger partial charge on any atom is 0.254 e. The molecule has 0 saturated carbocycles. The number of likely N-dealkylation sites (N-methyl/N-ethyl adjacent to an activating group) is 1. The van der Waals surface area contributed by atoms with E-state index in [0.29, 0.717) is 30.8 Å². The van der Waals surface area contributed by atoms with Gasteiger partial charge in [-0.2, -0.15) is 0 Å². The van der Waals surface area contributed by atoms with Gasteiger partial charge in [-0.05, 0) is 41.8 Å². The predicted molar refractivity (Wildman–Crippen MR) is 138 cm³/mol. The number of carbonyl (C=O) groups is 2. The predicted octanol–water partition coefficient (Wildman–Crippen LogP) is 3.88. The molecule has 0 bridgehead atoms. The minimum atomic E-state index is -0.374. The highest BCUT2D eigenvalue weighted by atomic mass is 16.5. The van der Waals surface area contributed by atoms with Crippen LogP contribution in [0.4, 0.5) is 0 Å². The summed E-state index contributed by atoms with van der Waals surface area (Å²) in [5.41, 5.74) is 3.91. The molecule has 0 radical (unpaired) electrons. The van der Waals surface area contributed by atoms with Gasteiger partial charge in [0.1, 0.15) is 0 Å². The van der Waals surface area contributed by atoms with Crippen molar-refractivity contribution < 1.29 is 19.4 Å². The molecule has 0 unspecified atom stereocenters. The lowest BCUT2D eigenvalue weighted by Gasteiger charge is -2.35. The first-order valence-corrected chi connectivity index (χ1v) is 12.3. The number of ether oxygens (including phenoxy) is 1. The van der Waals surface area contributed by atoms with E-state index >= 15 is 0 Å². The summed E-state index contributed by atoms with van der Waals surface area (Å²) in [5, 5.41) is 9.97. The number of pyridine rings is 1. The second-order valence-corrected chi connectivity index (χ2v) is 9.44. The van der Waals surface area contributed by atoms with Crippen molar-refractivity contribution in [2.75, 3.05) is 26.7 Å². The lowest BCUT2D eigenvalue weighted by atomic mass is 9.94. The molecule has 0 saturated heterocycles. The van der Waals surface area contributed by atoms with Gasteiger partial charge < -0.3 is 19.6 Å². The first kappa shape index (κ1) is 25.5.